The molecule has 1 unspecified atom stereocenters. The number of anilines is 1. The predicted octanol–water partition coefficient (Wildman–Crippen LogP) is 2.17. The van der Waals surface area contributed by atoms with E-state index in [9.17, 15) is 4.79 Å². The van der Waals surface area contributed by atoms with Crippen LogP contribution in [-0.2, 0) is 9.53 Å². The summed E-state index contributed by atoms with van der Waals surface area (Å²) >= 11 is 1.39. The molecule has 0 aliphatic carbocycles. The minimum atomic E-state index is -0.327. The Balaban J connectivity index is 0.00000192. The summed E-state index contributed by atoms with van der Waals surface area (Å²) < 4.78 is 10.6. The fourth-order valence-corrected chi connectivity index (χ4v) is 2.95. The molecule has 1 aromatic carbocycles. The highest BCUT2D eigenvalue weighted by molar-refractivity contribution is 7.14. The van der Waals surface area contributed by atoms with Crippen LogP contribution >= 0.6 is 23.7 Å². The van der Waals surface area contributed by atoms with E-state index in [0.29, 0.717) is 24.9 Å². The minimum absolute atomic E-state index is 0. The molecule has 2 aromatic rings. The maximum Gasteiger partial charge on any atom is 0.245 e. The lowest BCUT2D eigenvalue weighted by molar-refractivity contribution is -0.120. The molecule has 3 rings (SSSR count). The van der Waals surface area contributed by atoms with Gasteiger partial charge >= 0.3 is 0 Å². The molecule has 1 fully saturated rings. The Hall–Kier alpha value is -1.67. The van der Waals surface area contributed by atoms with E-state index < -0.39 is 0 Å². The number of carbonyl (C=O) groups excluding carboxylic acids is 1. The third-order valence-corrected chi connectivity index (χ3v) is 4.11. The molecular formula is C15H18ClN3O3S. The lowest BCUT2D eigenvalue weighted by Crippen LogP contribution is -2.48. The number of para-hydroxylation sites is 1. The number of aromatic nitrogens is 1. The van der Waals surface area contributed by atoms with Crippen LogP contribution in [0.2, 0.25) is 0 Å². The van der Waals surface area contributed by atoms with E-state index in [4.69, 9.17) is 9.47 Å². The maximum atomic E-state index is 12.1. The van der Waals surface area contributed by atoms with Crippen LogP contribution in [0.4, 0.5) is 5.13 Å². The lowest BCUT2D eigenvalue weighted by atomic mass is 10.1. The topological polar surface area (TPSA) is 72.5 Å². The van der Waals surface area contributed by atoms with Gasteiger partial charge in [0.2, 0.25) is 5.91 Å². The molecule has 1 aliphatic rings. The van der Waals surface area contributed by atoms with E-state index in [1.807, 2.05) is 29.6 Å². The molecule has 0 radical (unpaired) electrons. The first kappa shape index (κ1) is 17.7. The smallest absolute Gasteiger partial charge is 0.245 e. The van der Waals surface area contributed by atoms with E-state index >= 15 is 0 Å². The maximum absolute atomic E-state index is 12.1. The second kappa shape index (κ2) is 8.26. The third kappa shape index (κ3) is 4.20. The molecule has 1 atom stereocenters. The number of benzene rings is 1. The van der Waals surface area contributed by atoms with Crippen molar-refractivity contribution in [3.8, 4) is 17.0 Å². The molecule has 0 spiro atoms. The van der Waals surface area contributed by atoms with Gasteiger partial charge in [-0.2, -0.15) is 0 Å². The van der Waals surface area contributed by atoms with Crippen molar-refractivity contribution in [3.63, 3.8) is 0 Å². The van der Waals surface area contributed by atoms with Crippen molar-refractivity contribution in [2.24, 2.45) is 0 Å². The predicted molar refractivity (Wildman–Crippen MR) is 92.6 cm³/mol. The Bertz CT molecular complexity index is 659. The van der Waals surface area contributed by atoms with E-state index in [1.165, 1.54) is 11.3 Å². The van der Waals surface area contributed by atoms with Crippen LogP contribution in [0.25, 0.3) is 11.3 Å². The van der Waals surface area contributed by atoms with Crippen molar-refractivity contribution in [1.82, 2.24) is 10.3 Å². The number of ether oxygens (including phenoxy) is 2. The highest BCUT2D eigenvalue weighted by Gasteiger charge is 2.22. The fraction of sp³-hybridized carbons (Fsp3) is 0.333. The van der Waals surface area contributed by atoms with Crippen molar-refractivity contribution in [2.75, 3.05) is 32.2 Å². The quantitative estimate of drug-likeness (QED) is 0.879. The van der Waals surface area contributed by atoms with E-state index in [1.54, 1.807) is 7.11 Å². The van der Waals surface area contributed by atoms with Gasteiger partial charge in [-0.3, -0.25) is 4.79 Å². The van der Waals surface area contributed by atoms with Gasteiger partial charge in [-0.1, -0.05) is 12.1 Å². The number of hydrogen-bond acceptors (Lipinski definition) is 6. The number of morpholine rings is 1. The van der Waals surface area contributed by atoms with Gasteiger partial charge in [-0.05, 0) is 12.1 Å². The molecule has 1 aliphatic heterocycles. The molecule has 2 N–H and O–H groups in total. The largest absolute Gasteiger partial charge is 0.496 e. The Kier molecular flexibility index (Phi) is 6.35. The van der Waals surface area contributed by atoms with E-state index in [2.05, 4.69) is 15.6 Å². The van der Waals surface area contributed by atoms with Gasteiger partial charge in [-0.25, -0.2) is 4.98 Å². The van der Waals surface area contributed by atoms with E-state index in [-0.39, 0.29) is 24.4 Å². The number of methoxy groups -OCH3 is 1. The Morgan fingerprint density at radius 2 is 2.30 bits per heavy atom. The SMILES string of the molecule is COc1ccccc1-c1csc(NC(=O)C2COCCN2)n1.Cl. The molecule has 1 aromatic heterocycles. The number of carbonyl (C=O) groups is 1. The number of nitrogens with zero attached hydrogens (tertiary/aromatic N) is 1. The number of amides is 1. The van der Waals surface area contributed by atoms with Crippen LogP contribution in [-0.4, -0.2) is 43.8 Å². The number of nitrogens with one attached hydrogen (secondary N) is 2. The van der Waals surface area contributed by atoms with Crippen LogP contribution in [0.1, 0.15) is 0 Å². The molecule has 6 nitrogen and oxygen atoms in total. The number of hydrogen-bond donors (Lipinski definition) is 2. The van der Waals surface area contributed by atoms with Gasteiger partial charge in [-0.15, -0.1) is 23.7 Å². The molecule has 0 bridgehead atoms. The first-order chi connectivity index (χ1) is 10.8. The second-order valence-corrected chi connectivity index (χ2v) is 5.67. The highest BCUT2D eigenvalue weighted by Crippen LogP contribution is 2.31. The first-order valence-corrected chi connectivity index (χ1v) is 7.87. The third-order valence-electron chi connectivity index (χ3n) is 3.36. The summed E-state index contributed by atoms with van der Waals surface area (Å²) in [4.78, 5) is 16.6. The molecular weight excluding hydrogens is 338 g/mol. The normalized spacial score (nSPS) is 17.2. The zero-order chi connectivity index (χ0) is 15.4. The van der Waals surface area contributed by atoms with E-state index in [0.717, 1.165) is 17.0 Å². The number of thiazole rings is 1. The van der Waals surface area contributed by atoms with Crippen LogP contribution in [0.5, 0.6) is 5.75 Å². The lowest BCUT2D eigenvalue weighted by Gasteiger charge is -2.22. The molecule has 1 amide bonds. The molecule has 8 heteroatoms. The summed E-state index contributed by atoms with van der Waals surface area (Å²) in [6.45, 7) is 1.71. The Morgan fingerprint density at radius 1 is 1.48 bits per heavy atom. The molecule has 23 heavy (non-hydrogen) atoms. The fourth-order valence-electron chi connectivity index (χ4n) is 2.24. The Morgan fingerprint density at radius 3 is 3.04 bits per heavy atom. The van der Waals surface area contributed by atoms with Gasteiger partial charge in [0.05, 0.1) is 26.0 Å². The van der Waals surface area contributed by atoms with Crippen LogP contribution in [0, 0.1) is 0 Å². The summed E-state index contributed by atoms with van der Waals surface area (Å²) in [5.41, 5.74) is 1.69. The summed E-state index contributed by atoms with van der Waals surface area (Å²) in [6.07, 6.45) is 0. The van der Waals surface area contributed by atoms with Crippen molar-refractivity contribution in [2.45, 2.75) is 6.04 Å². The molecule has 124 valence electrons. The second-order valence-electron chi connectivity index (χ2n) is 4.81. The molecule has 1 saturated heterocycles. The zero-order valence-electron chi connectivity index (χ0n) is 12.6. The molecule has 2 heterocycles. The number of rotatable bonds is 4. The van der Waals surface area contributed by atoms with Gasteiger partial charge in [0, 0.05) is 17.5 Å². The first-order valence-electron chi connectivity index (χ1n) is 6.99. The number of halogens is 1. The average molecular weight is 356 g/mol. The van der Waals surface area contributed by atoms with Gasteiger partial charge in [0.15, 0.2) is 5.13 Å². The summed E-state index contributed by atoms with van der Waals surface area (Å²) in [5.74, 6) is 0.633. The standard InChI is InChI=1S/C15H17N3O3S.ClH/c1-20-13-5-3-2-4-10(13)12-9-22-15(17-12)18-14(19)11-8-21-7-6-16-11;/h2-5,9,11,16H,6-8H2,1H3,(H,17,18,19);1H. The van der Waals surface area contributed by atoms with Gasteiger partial charge in [0.25, 0.3) is 0 Å². The summed E-state index contributed by atoms with van der Waals surface area (Å²) in [7, 11) is 1.63. The molecule has 0 saturated carbocycles. The van der Waals surface area contributed by atoms with Gasteiger partial charge < -0.3 is 20.1 Å². The van der Waals surface area contributed by atoms with Crippen molar-refractivity contribution in [3.05, 3.63) is 29.6 Å². The van der Waals surface area contributed by atoms with Crippen molar-refractivity contribution in [1.29, 1.82) is 0 Å². The zero-order valence-corrected chi connectivity index (χ0v) is 14.2. The minimum Gasteiger partial charge on any atom is -0.496 e. The highest BCUT2D eigenvalue weighted by atomic mass is 35.5. The summed E-state index contributed by atoms with van der Waals surface area (Å²) in [5, 5.41) is 8.41. The van der Waals surface area contributed by atoms with Crippen molar-refractivity contribution < 1.29 is 14.3 Å². The Labute approximate surface area is 144 Å². The average Bonchev–Trinajstić information content (AvgIpc) is 3.04. The van der Waals surface area contributed by atoms with Crippen LogP contribution in [0.15, 0.2) is 29.6 Å². The van der Waals surface area contributed by atoms with Crippen molar-refractivity contribution >= 4 is 34.8 Å². The van der Waals surface area contributed by atoms with Crippen LogP contribution < -0.4 is 15.4 Å². The monoisotopic (exact) mass is 355 g/mol. The van der Waals surface area contributed by atoms with Crippen LogP contribution in [0.3, 0.4) is 0 Å². The summed E-state index contributed by atoms with van der Waals surface area (Å²) in [6, 6.07) is 7.34. The van der Waals surface area contributed by atoms with Gasteiger partial charge in [0.1, 0.15) is 11.8 Å².